The summed E-state index contributed by atoms with van der Waals surface area (Å²) in [7, 11) is 1.35. The summed E-state index contributed by atoms with van der Waals surface area (Å²) >= 11 is 0. The van der Waals surface area contributed by atoms with Gasteiger partial charge >= 0.3 is 12.6 Å². The molecule has 1 aromatic carbocycles. The summed E-state index contributed by atoms with van der Waals surface area (Å²) in [5.74, 6) is -1.06. The third-order valence-corrected chi connectivity index (χ3v) is 2.93. The number of hydrogen-bond donors (Lipinski definition) is 2. The fourth-order valence-corrected chi connectivity index (χ4v) is 1.91. The number of alkyl halides is 2. The van der Waals surface area contributed by atoms with E-state index in [-0.39, 0.29) is 24.0 Å². The van der Waals surface area contributed by atoms with Crippen molar-refractivity contribution >= 4 is 5.97 Å². The summed E-state index contributed by atoms with van der Waals surface area (Å²) in [5, 5.41) is 11.9. The highest BCUT2D eigenvalue weighted by Crippen LogP contribution is 2.32. The van der Waals surface area contributed by atoms with Gasteiger partial charge in [0.2, 0.25) is 0 Å². The molecule has 1 atom stereocenters. The number of para-hydroxylation sites is 1. The van der Waals surface area contributed by atoms with E-state index in [1.807, 2.05) is 0 Å². The van der Waals surface area contributed by atoms with E-state index >= 15 is 0 Å². The van der Waals surface area contributed by atoms with Crippen LogP contribution >= 0.6 is 0 Å². The first-order chi connectivity index (χ1) is 9.86. The van der Waals surface area contributed by atoms with Crippen LogP contribution in [0.3, 0.4) is 0 Å². The van der Waals surface area contributed by atoms with Crippen molar-refractivity contribution in [1.82, 2.24) is 5.32 Å². The summed E-state index contributed by atoms with van der Waals surface area (Å²) in [6, 6.07) is 3.92. The Labute approximate surface area is 121 Å². The molecule has 0 aromatic heterocycles. The maximum Gasteiger partial charge on any atom is 0.387 e. The Kier molecular flexibility index (Phi) is 6.36. The minimum absolute atomic E-state index is 0.0778. The molecule has 0 saturated heterocycles. The molecule has 0 amide bonds. The van der Waals surface area contributed by atoms with E-state index in [0.29, 0.717) is 5.56 Å². The van der Waals surface area contributed by atoms with Crippen molar-refractivity contribution in [1.29, 1.82) is 0 Å². The summed E-state index contributed by atoms with van der Waals surface area (Å²) in [6.07, 6.45) is 0. The molecule has 0 heterocycles. The summed E-state index contributed by atoms with van der Waals surface area (Å²) < 4.78 is 34.4. The molecule has 118 valence electrons. The number of methoxy groups -OCH3 is 1. The van der Waals surface area contributed by atoms with Crippen molar-refractivity contribution < 1.29 is 28.2 Å². The van der Waals surface area contributed by atoms with Crippen LogP contribution in [0.4, 0.5) is 8.78 Å². The monoisotopic (exact) mass is 303 g/mol. The maximum absolute atomic E-state index is 12.5. The highest BCUT2D eigenvalue weighted by molar-refractivity contribution is 5.73. The zero-order chi connectivity index (χ0) is 16.0. The number of halogens is 2. The minimum atomic E-state index is -2.99. The number of ether oxygens (including phenoxy) is 2. The van der Waals surface area contributed by atoms with Gasteiger partial charge in [0.1, 0.15) is 6.04 Å². The molecule has 21 heavy (non-hydrogen) atoms. The average molecular weight is 303 g/mol. The average Bonchev–Trinajstić information content (AvgIpc) is 2.39. The molecule has 0 fully saturated rings. The third kappa shape index (κ3) is 4.86. The smallest absolute Gasteiger partial charge is 0.387 e. The van der Waals surface area contributed by atoms with Crippen LogP contribution in [0.15, 0.2) is 18.2 Å². The number of carboxylic acid groups (broad SMARTS) is 1. The fourth-order valence-electron chi connectivity index (χ4n) is 1.91. The zero-order valence-electron chi connectivity index (χ0n) is 12.1. The largest absolute Gasteiger partial charge is 0.493 e. The van der Waals surface area contributed by atoms with Gasteiger partial charge in [0.05, 0.1) is 7.11 Å². The lowest BCUT2D eigenvalue weighted by Gasteiger charge is -2.20. The molecular formula is C14H19F2NO4. The van der Waals surface area contributed by atoms with Gasteiger partial charge in [-0.3, -0.25) is 10.1 Å². The van der Waals surface area contributed by atoms with E-state index < -0.39 is 18.6 Å². The van der Waals surface area contributed by atoms with Crippen molar-refractivity contribution in [2.75, 3.05) is 7.11 Å². The predicted molar refractivity (Wildman–Crippen MR) is 72.7 cm³/mol. The molecule has 5 nitrogen and oxygen atoms in total. The van der Waals surface area contributed by atoms with Gasteiger partial charge < -0.3 is 14.6 Å². The van der Waals surface area contributed by atoms with Crippen LogP contribution in [-0.4, -0.2) is 30.8 Å². The second-order valence-corrected chi connectivity index (χ2v) is 4.77. The number of aliphatic carboxylic acids is 1. The quantitative estimate of drug-likeness (QED) is 0.772. The van der Waals surface area contributed by atoms with Gasteiger partial charge in [-0.15, -0.1) is 0 Å². The first-order valence-electron chi connectivity index (χ1n) is 6.43. The Morgan fingerprint density at radius 2 is 2.05 bits per heavy atom. The SMILES string of the molecule is COc1cccc(CNC(C(=O)O)C(C)C)c1OC(F)F. The van der Waals surface area contributed by atoms with Crippen LogP contribution in [0.1, 0.15) is 19.4 Å². The first kappa shape index (κ1) is 17.2. The Balaban J connectivity index is 2.94. The van der Waals surface area contributed by atoms with Crippen molar-refractivity contribution in [3.8, 4) is 11.5 Å². The van der Waals surface area contributed by atoms with Crippen molar-refractivity contribution in [3.05, 3.63) is 23.8 Å². The molecule has 0 spiro atoms. The second-order valence-electron chi connectivity index (χ2n) is 4.77. The standard InChI is InChI=1S/C14H19F2NO4/c1-8(2)11(13(18)19)17-7-9-5-4-6-10(20-3)12(9)21-14(15)16/h4-6,8,11,14,17H,7H2,1-3H3,(H,18,19). The normalized spacial score (nSPS) is 12.5. The molecule has 7 heteroatoms. The Hall–Kier alpha value is -1.89. The van der Waals surface area contributed by atoms with Crippen LogP contribution in [0, 0.1) is 5.92 Å². The molecule has 0 aliphatic rings. The number of benzene rings is 1. The Morgan fingerprint density at radius 3 is 2.52 bits per heavy atom. The lowest BCUT2D eigenvalue weighted by Crippen LogP contribution is -2.40. The molecule has 0 saturated carbocycles. The van der Waals surface area contributed by atoms with E-state index in [1.54, 1.807) is 26.0 Å². The number of nitrogens with one attached hydrogen (secondary N) is 1. The van der Waals surface area contributed by atoms with Crippen LogP contribution in [-0.2, 0) is 11.3 Å². The van der Waals surface area contributed by atoms with Crippen molar-refractivity contribution in [2.45, 2.75) is 33.0 Å². The van der Waals surface area contributed by atoms with Gasteiger partial charge in [0, 0.05) is 12.1 Å². The molecular weight excluding hydrogens is 284 g/mol. The Bertz CT molecular complexity index is 480. The van der Waals surface area contributed by atoms with Crippen molar-refractivity contribution in [2.24, 2.45) is 5.92 Å². The van der Waals surface area contributed by atoms with Crippen LogP contribution in [0.2, 0.25) is 0 Å². The van der Waals surface area contributed by atoms with Gasteiger partial charge in [-0.2, -0.15) is 8.78 Å². The lowest BCUT2D eigenvalue weighted by molar-refractivity contribution is -0.140. The predicted octanol–water partition coefficient (Wildman–Crippen LogP) is 2.50. The van der Waals surface area contributed by atoms with Gasteiger partial charge in [-0.25, -0.2) is 0 Å². The number of rotatable bonds is 8. The molecule has 0 radical (unpaired) electrons. The molecule has 0 aliphatic heterocycles. The third-order valence-electron chi connectivity index (χ3n) is 2.93. The summed E-state index contributed by atoms with van der Waals surface area (Å²) in [4.78, 5) is 11.1. The topological polar surface area (TPSA) is 67.8 Å². The summed E-state index contributed by atoms with van der Waals surface area (Å²) in [5.41, 5.74) is 0.404. The first-order valence-corrected chi connectivity index (χ1v) is 6.43. The molecule has 2 N–H and O–H groups in total. The zero-order valence-corrected chi connectivity index (χ0v) is 12.1. The van der Waals surface area contributed by atoms with Crippen LogP contribution < -0.4 is 14.8 Å². The number of carboxylic acids is 1. The fraction of sp³-hybridized carbons (Fsp3) is 0.500. The van der Waals surface area contributed by atoms with E-state index in [4.69, 9.17) is 9.84 Å². The highest BCUT2D eigenvalue weighted by atomic mass is 19.3. The molecule has 1 rings (SSSR count). The van der Waals surface area contributed by atoms with E-state index in [9.17, 15) is 13.6 Å². The maximum atomic E-state index is 12.5. The molecule has 0 bridgehead atoms. The minimum Gasteiger partial charge on any atom is -0.493 e. The van der Waals surface area contributed by atoms with Gasteiger partial charge in [0.15, 0.2) is 11.5 Å². The van der Waals surface area contributed by atoms with E-state index in [2.05, 4.69) is 10.1 Å². The van der Waals surface area contributed by atoms with Gasteiger partial charge in [-0.05, 0) is 12.0 Å². The van der Waals surface area contributed by atoms with E-state index in [0.717, 1.165) is 0 Å². The number of carbonyl (C=O) groups is 1. The van der Waals surface area contributed by atoms with E-state index in [1.165, 1.54) is 13.2 Å². The second kappa shape index (κ2) is 7.78. The van der Waals surface area contributed by atoms with Gasteiger partial charge in [0.25, 0.3) is 0 Å². The molecule has 1 aromatic rings. The summed E-state index contributed by atoms with van der Waals surface area (Å²) in [6.45, 7) is 0.608. The number of hydrogen-bond acceptors (Lipinski definition) is 4. The van der Waals surface area contributed by atoms with Gasteiger partial charge in [-0.1, -0.05) is 26.0 Å². The van der Waals surface area contributed by atoms with Crippen LogP contribution in [0.5, 0.6) is 11.5 Å². The van der Waals surface area contributed by atoms with Crippen molar-refractivity contribution in [3.63, 3.8) is 0 Å². The molecule has 0 aliphatic carbocycles. The Morgan fingerprint density at radius 1 is 1.38 bits per heavy atom. The molecule has 1 unspecified atom stereocenters. The highest BCUT2D eigenvalue weighted by Gasteiger charge is 2.22. The lowest BCUT2D eigenvalue weighted by atomic mass is 10.0. The van der Waals surface area contributed by atoms with Crippen LogP contribution in [0.25, 0.3) is 0 Å².